The first kappa shape index (κ1) is 23.6. The molecule has 6 nitrogen and oxygen atoms in total. The number of anilines is 1. The third kappa shape index (κ3) is 5.82. The predicted molar refractivity (Wildman–Crippen MR) is 108 cm³/mol. The summed E-state index contributed by atoms with van der Waals surface area (Å²) in [5.74, 6) is -1.17. The molecular formula is C21H15F6N5O. The van der Waals surface area contributed by atoms with Crippen LogP contribution in [-0.4, -0.2) is 25.1 Å². The van der Waals surface area contributed by atoms with E-state index in [0.29, 0.717) is 23.4 Å². The molecule has 0 radical (unpaired) electrons. The Morgan fingerprint density at radius 1 is 1.18 bits per heavy atom. The lowest BCUT2D eigenvalue weighted by atomic mass is 10.0. The summed E-state index contributed by atoms with van der Waals surface area (Å²) in [5, 5.41) is 12.6. The highest BCUT2D eigenvalue weighted by Gasteiger charge is 2.42. The molecule has 2 aromatic carbocycles. The Morgan fingerprint density at radius 2 is 1.94 bits per heavy atom. The predicted octanol–water partition coefficient (Wildman–Crippen LogP) is 4.32. The highest BCUT2D eigenvalue weighted by atomic mass is 19.4. The number of nitriles is 1. The number of rotatable bonds is 5. The number of alkyl halides is 6. The Labute approximate surface area is 183 Å². The molecule has 0 bridgehead atoms. The molecule has 1 aliphatic heterocycles. The number of amides is 1. The van der Waals surface area contributed by atoms with Crippen molar-refractivity contribution in [2.24, 2.45) is 4.99 Å². The van der Waals surface area contributed by atoms with Gasteiger partial charge >= 0.3 is 12.4 Å². The molecule has 0 spiro atoms. The van der Waals surface area contributed by atoms with Crippen molar-refractivity contribution in [1.29, 1.82) is 5.26 Å². The Hall–Kier alpha value is -4.01. The van der Waals surface area contributed by atoms with Crippen molar-refractivity contribution in [1.82, 2.24) is 10.7 Å². The van der Waals surface area contributed by atoms with Gasteiger partial charge in [-0.1, -0.05) is 18.2 Å². The lowest BCUT2D eigenvalue weighted by Crippen LogP contribution is -2.37. The molecule has 0 saturated heterocycles. The monoisotopic (exact) mass is 467 g/mol. The number of halogens is 6. The number of nitrogens with zero attached hydrogens (tertiary/aromatic N) is 3. The molecule has 0 saturated carbocycles. The Bertz CT molecular complexity index is 1130. The summed E-state index contributed by atoms with van der Waals surface area (Å²) in [6.45, 7) is 0.278. The number of hydrogen-bond acceptors (Lipinski definition) is 5. The van der Waals surface area contributed by atoms with Crippen LogP contribution < -0.4 is 15.8 Å². The van der Waals surface area contributed by atoms with Crippen molar-refractivity contribution >= 4 is 24.0 Å². The van der Waals surface area contributed by atoms with Crippen LogP contribution in [0.3, 0.4) is 0 Å². The third-order valence-electron chi connectivity index (χ3n) is 4.55. The second kappa shape index (κ2) is 9.23. The van der Waals surface area contributed by atoms with Gasteiger partial charge in [-0.25, -0.2) is 0 Å². The van der Waals surface area contributed by atoms with Crippen molar-refractivity contribution < 1.29 is 31.1 Å². The standard InChI is InChI=1S/C21H15F6N5O/c22-20(23,24)16-3-1-2-14(9-16)19(21(25,26)27)31-18(33)7-5-13-4-6-17(15(8-13)10-28)32-12-29-11-30-32/h1-9,11,19H,12H2,(H,29,30)(H,31,33)/b7-5+. The number of benzene rings is 2. The summed E-state index contributed by atoms with van der Waals surface area (Å²) in [5.41, 5.74) is 1.89. The van der Waals surface area contributed by atoms with Gasteiger partial charge in [0.05, 0.1) is 16.8 Å². The Balaban J connectivity index is 1.78. The molecular weight excluding hydrogens is 452 g/mol. The van der Waals surface area contributed by atoms with E-state index in [1.165, 1.54) is 24.5 Å². The van der Waals surface area contributed by atoms with Gasteiger partial charge in [-0.3, -0.25) is 20.2 Å². The highest BCUT2D eigenvalue weighted by molar-refractivity contribution is 5.92. The number of carbonyl (C=O) groups is 1. The van der Waals surface area contributed by atoms with E-state index in [0.717, 1.165) is 18.2 Å². The van der Waals surface area contributed by atoms with Crippen LogP contribution in [0, 0.1) is 11.3 Å². The van der Waals surface area contributed by atoms with Crippen molar-refractivity contribution in [2.45, 2.75) is 18.4 Å². The number of carbonyl (C=O) groups excluding carboxylic acids is 1. The van der Waals surface area contributed by atoms with Gasteiger partial charge in [-0.05, 0) is 41.5 Å². The first-order chi connectivity index (χ1) is 15.5. The van der Waals surface area contributed by atoms with Gasteiger partial charge in [0.15, 0.2) is 6.04 Å². The minimum atomic E-state index is -5.03. The number of hydrazine groups is 1. The summed E-state index contributed by atoms with van der Waals surface area (Å²) < 4.78 is 79.0. The van der Waals surface area contributed by atoms with Crippen LogP contribution in [0.15, 0.2) is 53.5 Å². The Morgan fingerprint density at radius 3 is 2.55 bits per heavy atom. The van der Waals surface area contributed by atoms with Crippen LogP contribution in [0.1, 0.15) is 28.3 Å². The largest absolute Gasteiger partial charge is 0.416 e. The number of aliphatic imine (C=N–C) groups is 1. The topological polar surface area (TPSA) is 80.5 Å². The average molecular weight is 467 g/mol. The zero-order valence-electron chi connectivity index (χ0n) is 16.6. The van der Waals surface area contributed by atoms with E-state index in [1.807, 2.05) is 6.07 Å². The van der Waals surface area contributed by atoms with Crippen molar-refractivity contribution in [3.8, 4) is 6.07 Å². The third-order valence-corrected chi connectivity index (χ3v) is 4.55. The van der Waals surface area contributed by atoms with Gasteiger partial charge in [0.2, 0.25) is 5.91 Å². The lowest BCUT2D eigenvalue weighted by Gasteiger charge is -2.22. The molecule has 33 heavy (non-hydrogen) atoms. The zero-order chi connectivity index (χ0) is 24.2. The van der Waals surface area contributed by atoms with Crippen molar-refractivity contribution in [2.75, 3.05) is 11.7 Å². The lowest BCUT2D eigenvalue weighted by molar-refractivity contribution is -0.162. The molecule has 172 valence electrons. The SMILES string of the molecule is N#Cc1cc(/C=C/C(=O)NC(c2cccc(C(F)(F)F)c2)C(F)(F)F)ccc1N1CN=CN1. The smallest absolute Gasteiger partial charge is 0.337 e. The van der Waals surface area contributed by atoms with E-state index in [1.54, 1.807) is 16.4 Å². The van der Waals surface area contributed by atoms with Gasteiger partial charge in [-0.2, -0.15) is 31.6 Å². The van der Waals surface area contributed by atoms with Crippen LogP contribution in [0.5, 0.6) is 0 Å². The quantitative estimate of drug-likeness (QED) is 0.507. The molecule has 1 atom stereocenters. The molecule has 2 N–H and O–H groups in total. The summed E-state index contributed by atoms with van der Waals surface area (Å²) in [7, 11) is 0. The fourth-order valence-electron chi connectivity index (χ4n) is 3.01. The van der Waals surface area contributed by atoms with Crippen LogP contribution in [0.2, 0.25) is 0 Å². The first-order valence-corrected chi connectivity index (χ1v) is 9.27. The van der Waals surface area contributed by atoms with Gasteiger partial charge in [0.25, 0.3) is 0 Å². The van der Waals surface area contributed by atoms with E-state index in [2.05, 4.69) is 10.4 Å². The summed E-state index contributed by atoms with van der Waals surface area (Å²) >= 11 is 0. The summed E-state index contributed by atoms with van der Waals surface area (Å²) in [6.07, 6.45) is -6.43. The van der Waals surface area contributed by atoms with E-state index >= 15 is 0 Å². The van der Waals surface area contributed by atoms with Crippen molar-refractivity contribution in [3.05, 3.63) is 70.8 Å². The van der Waals surface area contributed by atoms with E-state index < -0.39 is 35.4 Å². The van der Waals surface area contributed by atoms with Gasteiger partial charge in [0, 0.05) is 6.08 Å². The maximum atomic E-state index is 13.5. The minimum Gasteiger partial charge on any atom is -0.337 e. The van der Waals surface area contributed by atoms with Crippen LogP contribution in [0.25, 0.3) is 6.08 Å². The average Bonchev–Trinajstić information content (AvgIpc) is 3.29. The number of nitrogens with one attached hydrogen (secondary N) is 2. The van der Waals surface area contributed by atoms with Gasteiger partial charge in [0.1, 0.15) is 19.1 Å². The van der Waals surface area contributed by atoms with Crippen LogP contribution in [-0.2, 0) is 11.0 Å². The molecule has 0 aliphatic carbocycles. The molecule has 0 fully saturated rings. The van der Waals surface area contributed by atoms with Crippen molar-refractivity contribution in [3.63, 3.8) is 0 Å². The van der Waals surface area contributed by atoms with Gasteiger partial charge in [-0.15, -0.1) is 0 Å². The first-order valence-electron chi connectivity index (χ1n) is 9.27. The molecule has 1 heterocycles. The molecule has 12 heteroatoms. The zero-order valence-corrected chi connectivity index (χ0v) is 16.6. The molecule has 1 unspecified atom stereocenters. The van der Waals surface area contributed by atoms with E-state index in [9.17, 15) is 36.4 Å². The summed E-state index contributed by atoms with van der Waals surface area (Å²) in [6, 6.07) is 6.54. The molecule has 2 aromatic rings. The van der Waals surface area contributed by atoms with E-state index in [4.69, 9.17) is 0 Å². The number of hydrogen-bond donors (Lipinski definition) is 2. The molecule has 3 rings (SSSR count). The Kier molecular flexibility index (Phi) is 6.62. The molecule has 0 aromatic heterocycles. The normalized spacial score (nSPS) is 14.8. The maximum Gasteiger partial charge on any atom is 0.416 e. The second-order valence-corrected chi connectivity index (χ2v) is 6.84. The fourth-order valence-corrected chi connectivity index (χ4v) is 3.01. The molecule has 1 aliphatic rings. The van der Waals surface area contributed by atoms with E-state index in [-0.39, 0.29) is 12.2 Å². The summed E-state index contributed by atoms with van der Waals surface area (Å²) in [4.78, 5) is 16.1. The van der Waals surface area contributed by atoms with Crippen LogP contribution in [0.4, 0.5) is 32.0 Å². The maximum absolute atomic E-state index is 13.5. The molecule has 1 amide bonds. The fraction of sp³-hybridized carbons (Fsp3) is 0.190. The van der Waals surface area contributed by atoms with Gasteiger partial charge < -0.3 is 5.32 Å². The highest BCUT2D eigenvalue weighted by Crippen LogP contribution is 2.36. The van der Waals surface area contributed by atoms with Crippen LogP contribution >= 0.6 is 0 Å². The second-order valence-electron chi connectivity index (χ2n) is 6.84. The minimum absolute atomic E-state index is 0.229.